The van der Waals surface area contributed by atoms with E-state index in [1.807, 2.05) is 18.2 Å². The molecule has 0 aromatic heterocycles. The van der Waals surface area contributed by atoms with Crippen molar-refractivity contribution in [2.24, 2.45) is 11.3 Å². The van der Waals surface area contributed by atoms with E-state index in [2.05, 4.69) is 55.2 Å². The molecule has 1 saturated heterocycles. The van der Waals surface area contributed by atoms with Crippen LogP contribution in [0, 0.1) is 34.0 Å². The van der Waals surface area contributed by atoms with E-state index in [9.17, 15) is 15.6 Å². The van der Waals surface area contributed by atoms with E-state index in [-0.39, 0.29) is 17.6 Å². The number of aliphatic hydroxyl groups is 1. The summed E-state index contributed by atoms with van der Waals surface area (Å²) in [4.78, 5) is 2.32. The summed E-state index contributed by atoms with van der Waals surface area (Å²) in [6, 6.07) is 12.5. The lowest BCUT2D eigenvalue weighted by Gasteiger charge is -2.30. The second kappa shape index (κ2) is 8.46. The Bertz CT molecular complexity index is 875. The Hall–Kier alpha value is -2.82. The summed E-state index contributed by atoms with van der Waals surface area (Å²) < 4.78 is 0. The molecule has 0 radical (unpaired) electrons. The van der Waals surface area contributed by atoms with Gasteiger partial charge in [0.05, 0.1) is 0 Å². The van der Waals surface area contributed by atoms with Gasteiger partial charge < -0.3 is 10.0 Å². The number of hydrogen-bond acceptors (Lipinski definition) is 4. The highest BCUT2D eigenvalue weighted by Crippen LogP contribution is 2.39. The summed E-state index contributed by atoms with van der Waals surface area (Å²) in [5.41, 5.74) is 4.55. The molecular weight excluding hydrogens is 346 g/mol. The van der Waals surface area contributed by atoms with Crippen LogP contribution < -0.4 is 4.90 Å². The molecule has 1 atom stereocenters. The van der Waals surface area contributed by atoms with Gasteiger partial charge >= 0.3 is 0 Å². The van der Waals surface area contributed by atoms with Gasteiger partial charge in [0, 0.05) is 31.3 Å². The fraction of sp³-hybridized carbons (Fsp3) is 0.417. The summed E-state index contributed by atoms with van der Waals surface area (Å²) in [6.45, 7) is 6.52. The lowest BCUT2D eigenvalue weighted by atomic mass is 9.74. The molecule has 1 heterocycles. The first kappa shape index (κ1) is 19.9. The maximum atomic E-state index is 9.31. The number of allylic oxidation sites excluding steroid dienone is 5. The third kappa shape index (κ3) is 4.71. The Balaban J connectivity index is 1.75. The number of rotatable bonds is 4. The molecule has 1 aromatic carbocycles. The van der Waals surface area contributed by atoms with E-state index in [0.29, 0.717) is 5.92 Å². The zero-order valence-electron chi connectivity index (χ0n) is 16.7. The lowest BCUT2D eigenvalue weighted by Crippen LogP contribution is -2.20. The number of anilines is 1. The highest BCUT2D eigenvalue weighted by Gasteiger charge is 2.26. The van der Waals surface area contributed by atoms with Gasteiger partial charge in [-0.2, -0.15) is 10.5 Å². The molecule has 1 aliphatic carbocycles. The predicted octanol–water partition coefficient (Wildman–Crippen LogP) is 4.61. The van der Waals surface area contributed by atoms with Crippen LogP contribution in [0.4, 0.5) is 5.69 Å². The fourth-order valence-corrected chi connectivity index (χ4v) is 4.11. The molecule has 4 heteroatoms. The van der Waals surface area contributed by atoms with Crippen molar-refractivity contribution in [3.8, 4) is 12.1 Å². The second-order valence-electron chi connectivity index (χ2n) is 8.57. The average Bonchev–Trinajstić information content (AvgIpc) is 3.16. The molecule has 4 nitrogen and oxygen atoms in total. The van der Waals surface area contributed by atoms with Crippen molar-refractivity contribution in [2.45, 2.75) is 33.1 Å². The van der Waals surface area contributed by atoms with Gasteiger partial charge in [-0.3, -0.25) is 0 Å². The molecule has 144 valence electrons. The molecule has 1 aliphatic heterocycles. The van der Waals surface area contributed by atoms with Gasteiger partial charge in [0.1, 0.15) is 17.7 Å². The fourth-order valence-electron chi connectivity index (χ4n) is 4.11. The Morgan fingerprint density at radius 1 is 1.18 bits per heavy atom. The number of aliphatic hydroxyl groups excluding tert-OH is 1. The zero-order chi connectivity index (χ0) is 20.1. The topological polar surface area (TPSA) is 71.0 Å². The number of benzene rings is 1. The van der Waals surface area contributed by atoms with Crippen molar-refractivity contribution in [1.82, 2.24) is 0 Å². The monoisotopic (exact) mass is 373 g/mol. The van der Waals surface area contributed by atoms with E-state index in [1.54, 1.807) is 0 Å². The first-order valence-corrected chi connectivity index (χ1v) is 9.82. The molecule has 3 rings (SSSR count). The van der Waals surface area contributed by atoms with Crippen molar-refractivity contribution >= 4 is 11.8 Å². The van der Waals surface area contributed by atoms with Gasteiger partial charge in [-0.25, -0.2) is 0 Å². The minimum absolute atomic E-state index is 0.0333. The molecular formula is C24H27N3O. The average molecular weight is 374 g/mol. The number of nitrogens with zero attached hydrogens (tertiary/aromatic N) is 3. The predicted molar refractivity (Wildman–Crippen MR) is 112 cm³/mol. The van der Waals surface area contributed by atoms with Crippen LogP contribution in [0.1, 0.15) is 38.7 Å². The van der Waals surface area contributed by atoms with Crippen molar-refractivity contribution in [2.75, 3.05) is 24.6 Å². The van der Waals surface area contributed by atoms with Crippen LogP contribution in [0.5, 0.6) is 0 Å². The summed E-state index contributed by atoms with van der Waals surface area (Å²) in [7, 11) is 0. The van der Waals surface area contributed by atoms with Crippen molar-refractivity contribution in [3.63, 3.8) is 0 Å². The number of hydrogen-bond donors (Lipinski definition) is 1. The van der Waals surface area contributed by atoms with Crippen molar-refractivity contribution < 1.29 is 5.11 Å². The first-order valence-electron chi connectivity index (χ1n) is 9.82. The lowest BCUT2D eigenvalue weighted by molar-refractivity contribution is 0.238. The molecule has 1 N–H and O–H groups in total. The smallest absolute Gasteiger partial charge is 0.132 e. The summed E-state index contributed by atoms with van der Waals surface area (Å²) in [5, 5.41) is 27.7. The van der Waals surface area contributed by atoms with E-state index in [0.717, 1.165) is 49.1 Å². The molecule has 0 bridgehead atoms. The molecule has 1 fully saturated rings. The van der Waals surface area contributed by atoms with Gasteiger partial charge in [-0.1, -0.05) is 44.2 Å². The minimum atomic E-state index is 0.0333. The summed E-state index contributed by atoms with van der Waals surface area (Å²) in [5.74, 6) is 0.384. The van der Waals surface area contributed by atoms with Crippen LogP contribution in [-0.4, -0.2) is 24.8 Å². The van der Waals surface area contributed by atoms with E-state index < -0.39 is 0 Å². The van der Waals surface area contributed by atoms with Crippen LogP contribution >= 0.6 is 0 Å². The molecule has 0 unspecified atom stereocenters. The standard InChI is InChI=1S/C24H27N3O/c1-24(2)12-19(11-21(13-24)22(14-25)15-26)4-3-18-5-7-23(8-6-18)27-10-9-20(16-27)17-28/h3-8,11,20,28H,9-10,12-13,16-17H2,1-2H3/b4-3+/t20-/m0/s1. The maximum Gasteiger partial charge on any atom is 0.132 e. The van der Waals surface area contributed by atoms with Crippen LogP contribution in [-0.2, 0) is 0 Å². The van der Waals surface area contributed by atoms with E-state index >= 15 is 0 Å². The minimum Gasteiger partial charge on any atom is -0.396 e. The molecule has 0 saturated carbocycles. The molecule has 28 heavy (non-hydrogen) atoms. The Morgan fingerprint density at radius 2 is 1.89 bits per heavy atom. The van der Waals surface area contributed by atoms with Gasteiger partial charge in [0.2, 0.25) is 0 Å². The SMILES string of the molecule is CC1(C)CC(/C=C/c2ccc(N3CC[C@H](CO)C3)cc2)=CC(=C(C#N)C#N)C1. The van der Waals surface area contributed by atoms with E-state index in [1.165, 1.54) is 5.69 Å². The summed E-state index contributed by atoms with van der Waals surface area (Å²) >= 11 is 0. The highest BCUT2D eigenvalue weighted by molar-refractivity contribution is 5.59. The van der Waals surface area contributed by atoms with Gasteiger partial charge in [0.25, 0.3) is 0 Å². The largest absolute Gasteiger partial charge is 0.396 e. The Labute approximate surface area is 167 Å². The highest BCUT2D eigenvalue weighted by atomic mass is 16.3. The zero-order valence-corrected chi connectivity index (χ0v) is 16.7. The van der Waals surface area contributed by atoms with Crippen LogP contribution in [0.3, 0.4) is 0 Å². The third-order valence-corrected chi connectivity index (χ3v) is 5.55. The van der Waals surface area contributed by atoms with Crippen molar-refractivity contribution in [1.29, 1.82) is 10.5 Å². The third-order valence-electron chi connectivity index (χ3n) is 5.55. The van der Waals surface area contributed by atoms with Crippen molar-refractivity contribution in [3.05, 3.63) is 58.7 Å². The Kier molecular flexibility index (Phi) is 6.02. The first-order chi connectivity index (χ1) is 13.4. The molecule has 0 amide bonds. The van der Waals surface area contributed by atoms with Gasteiger partial charge in [-0.15, -0.1) is 0 Å². The quantitative estimate of drug-likeness (QED) is 0.783. The normalized spacial score (nSPS) is 21.3. The van der Waals surface area contributed by atoms with Crippen LogP contribution in [0.25, 0.3) is 6.08 Å². The summed E-state index contributed by atoms with van der Waals surface area (Å²) in [6.07, 6.45) is 8.90. The van der Waals surface area contributed by atoms with Crippen LogP contribution in [0.15, 0.2) is 53.1 Å². The molecule has 0 spiro atoms. The molecule has 1 aromatic rings. The maximum absolute atomic E-state index is 9.31. The molecule has 2 aliphatic rings. The van der Waals surface area contributed by atoms with Crippen LogP contribution in [0.2, 0.25) is 0 Å². The number of nitriles is 2. The van der Waals surface area contributed by atoms with E-state index in [4.69, 9.17) is 0 Å². The van der Waals surface area contributed by atoms with Gasteiger partial charge in [-0.05, 0) is 53.5 Å². The van der Waals surface area contributed by atoms with Gasteiger partial charge in [0.15, 0.2) is 0 Å². The second-order valence-corrected chi connectivity index (χ2v) is 8.57. The Morgan fingerprint density at radius 3 is 2.50 bits per heavy atom.